The molecule has 0 aromatic heterocycles. The third-order valence-corrected chi connectivity index (χ3v) is 5.76. The molecular weight excluding hydrogens is 415 g/mol. The summed E-state index contributed by atoms with van der Waals surface area (Å²) in [6.45, 7) is 6.13. The molecular formula is C25H22ClFN2O2. The van der Waals surface area contributed by atoms with E-state index in [0.29, 0.717) is 35.2 Å². The van der Waals surface area contributed by atoms with Crippen LogP contribution in [0.25, 0.3) is 5.70 Å². The molecule has 1 aliphatic heterocycles. The van der Waals surface area contributed by atoms with Crippen molar-refractivity contribution in [2.45, 2.75) is 19.3 Å². The van der Waals surface area contributed by atoms with Crippen molar-refractivity contribution in [2.75, 3.05) is 11.4 Å². The van der Waals surface area contributed by atoms with Crippen LogP contribution in [0.4, 0.5) is 10.1 Å². The van der Waals surface area contributed by atoms with E-state index in [-0.39, 0.29) is 17.6 Å². The van der Waals surface area contributed by atoms with Crippen LogP contribution in [0.3, 0.4) is 0 Å². The first-order valence-corrected chi connectivity index (χ1v) is 10.3. The van der Waals surface area contributed by atoms with Gasteiger partial charge in [-0.05, 0) is 53.9 Å². The molecule has 0 radical (unpaired) electrons. The summed E-state index contributed by atoms with van der Waals surface area (Å²) in [5.41, 5.74) is 9.57. The first kappa shape index (κ1) is 20.9. The molecule has 0 unspecified atom stereocenters. The zero-order valence-electron chi connectivity index (χ0n) is 17.1. The highest BCUT2D eigenvalue weighted by atomic mass is 35.5. The number of hydrogen-bond acceptors (Lipinski definition) is 3. The molecule has 0 aliphatic carbocycles. The van der Waals surface area contributed by atoms with E-state index in [4.69, 9.17) is 22.1 Å². The van der Waals surface area contributed by atoms with Gasteiger partial charge in [0.15, 0.2) is 0 Å². The smallest absolute Gasteiger partial charge is 0.227 e. The van der Waals surface area contributed by atoms with E-state index in [9.17, 15) is 9.18 Å². The van der Waals surface area contributed by atoms with E-state index >= 15 is 0 Å². The molecule has 6 heteroatoms. The minimum Gasteiger partial charge on any atom is -0.455 e. The van der Waals surface area contributed by atoms with Crippen molar-refractivity contribution in [1.29, 1.82) is 0 Å². The maximum atomic E-state index is 13.6. The van der Waals surface area contributed by atoms with Gasteiger partial charge in [0, 0.05) is 36.3 Å². The summed E-state index contributed by atoms with van der Waals surface area (Å²) in [4.78, 5) is 14.5. The van der Waals surface area contributed by atoms with Gasteiger partial charge in [0.25, 0.3) is 0 Å². The van der Waals surface area contributed by atoms with Gasteiger partial charge in [0.05, 0.1) is 5.02 Å². The van der Waals surface area contributed by atoms with Gasteiger partial charge in [-0.2, -0.15) is 0 Å². The fourth-order valence-corrected chi connectivity index (χ4v) is 3.86. The molecule has 1 fully saturated rings. The van der Waals surface area contributed by atoms with Crippen molar-refractivity contribution in [3.05, 3.63) is 94.8 Å². The summed E-state index contributed by atoms with van der Waals surface area (Å²) < 4.78 is 19.5. The number of hydrogen-bond donors (Lipinski definition) is 1. The molecule has 1 atom stereocenters. The lowest BCUT2D eigenvalue weighted by molar-refractivity contribution is -0.117. The molecule has 1 heterocycles. The maximum Gasteiger partial charge on any atom is 0.227 e. The van der Waals surface area contributed by atoms with E-state index in [1.54, 1.807) is 17.0 Å². The Balaban J connectivity index is 1.58. The fourth-order valence-electron chi connectivity index (χ4n) is 3.71. The molecule has 1 amide bonds. The average Bonchev–Trinajstić information content (AvgIpc) is 3.14. The maximum absolute atomic E-state index is 13.6. The molecule has 4 rings (SSSR count). The highest BCUT2D eigenvalue weighted by Crippen LogP contribution is 2.38. The lowest BCUT2D eigenvalue weighted by Crippen LogP contribution is -2.24. The Labute approximate surface area is 185 Å². The number of anilines is 1. The first-order valence-electron chi connectivity index (χ1n) is 9.90. The number of rotatable bonds is 5. The molecule has 0 saturated carbocycles. The van der Waals surface area contributed by atoms with Crippen LogP contribution >= 0.6 is 11.6 Å². The standard InChI is InChI=1S/C25H22ClFN2O2/c1-15-6-8-20(27)13-23(15)31-24-11-18(7-9-22(24)26)19-12-25(30)29(14-19)21-5-3-4-17(10-21)16(2)28/h3-11,13,19H,2,12,14,28H2,1H3/t19-/m0/s1. The van der Waals surface area contributed by atoms with Gasteiger partial charge in [0.2, 0.25) is 5.91 Å². The molecule has 4 nitrogen and oxygen atoms in total. The number of benzene rings is 3. The quantitative estimate of drug-likeness (QED) is 0.531. The summed E-state index contributed by atoms with van der Waals surface area (Å²) in [6, 6.07) is 17.3. The van der Waals surface area contributed by atoms with Crippen LogP contribution in [-0.2, 0) is 4.79 Å². The fraction of sp³-hybridized carbons (Fsp3) is 0.160. The van der Waals surface area contributed by atoms with Gasteiger partial charge < -0.3 is 15.4 Å². The molecule has 1 saturated heterocycles. The van der Waals surface area contributed by atoms with E-state index < -0.39 is 0 Å². The Hall–Kier alpha value is -3.31. The third-order valence-electron chi connectivity index (χ3n) is 5.45. The molecule has 31 heavy (non-hydrogen) atoms. The number of amides is 1. The highest BCUT2D eigenvalue weighted by molar-refractivity contribution is 6.32. The zero-order valence-corrected chi connectivity index (χ0v) is 17.8. The van der Waals surface area contributed by atoms with Crippen LogP contribution in [0.1, 0.15) is 29.0 Å². The van der Waals surface area contributed by atoms with Gasteiger partial charge in [-0.15, -0.1) is 0 Å². The predicted molar refractivity (Wildman–Crippen MR) is 122 cm³/mol. The Morgan fingerprint density at radius 2 is 1.97 bits per heavy atom. The van der Waals surface area contributed by atoms with E-state index in [1.165, 1.54) is 12.1 Å². The lowest BCUT2D eigenvalue weighted by Gasteiger charge is -2.18. The average molecular weight is 437 g/mol. The second kappa shape index (κ2) is 8.44. The van der Waals surface area contributed by atoms with Crippen LogP contribution in [0.15, 0.2) is 67.2 Å². The second-order valence-electron chi connectivity index (χ2n) is 7.68. The number of carbonyl (C=O) groups is 1. The Morgan fingerprint density at radius 3 is 2.74 bits per heavy atom. The third kappa shape index (κ3) is 4.42. The summed E-state index contributed by atoms with van der Waals surface area (Å²) >= 11 is 6.33. The van der Waals surface area contributed by atoms with Crippen molar-refractivity contribution < 1.29 is 13.9 Å². The number of halogens is 2. The van der Waals surface area contributed by atoms with Crippen LogP contribution in [0.5, 0.6) is 11.5 Å². The largest absolute Gasteiger partial charge is 0.455 e. The molecule has 3 aromatic rings. The number of nitrogens with two attached hydrogens (primary N) is 1. The summed E-state index contributed by atoms with van der Waals surface area (Å²) in [5.74, 6) is 0.461. The van der Waals surface area contributed by atoms with Gasteiger partial charge in [-0.3, -0.25) is 4.79 Å². The van der Waals surface area contributed by atoms with Crippen molar-refractivity contribution in [3.8, 4) is 11.5 Å². The second-order valence-corrected chi connectivity index (χ2v) is 8.09. The molecule has 0 bridgehead atoms. The summed E-state index contributed by atoms with van der Waals surface area (Å²) in [6.07, 6.45) is 0.369. The van der Waals surface area contributed by atoms with E-state index in [1.807, 2.05) is 43.3 Å². The summed E-state index contributed by atoms with van der Waals surface area (Å²) in [7, 11) is 0. The van der Waals surface area contributed by atoms with Gasteiger partial charge >= 0.3 is 0 Å². The highest BCUT2D eigenvalue weighted by Gasteiger charge is 2.32. The van der Waals surface area contributed by atoms with Crippen molar-refractivity contribution in [3.63, 3.8) is 0 Å². The minimum absolute atomic E-state index is 0.0227. The van der Waals surface area contributed by atoms with Crippen molar-refractivity contribution in [2.24, 2.45) is 5.73 Å². The Morgan fingerprint density at radius 1 is 1.16 bits per heavy atom. The lowest BCUT2D eigenvalue weighted by atomic mass is 9.98. The van der Waals surface area contributed by atoms with Crippen molar-refractivity contribution in [1.82, 2.24) is 0 Å². The number of nitrogens with zero attached hydrogens (tertiary/aromatic N) is 1. The topological polar surface area (TPSA) is 55.6 Å². The first-order chi connectivity index (χ1) is 14.8. The SMILES string of the molecule is C=C(N)c1cccc(N2C[C@@H](c3ccc(Cl)c(Oc4cc(F)ccc4C)c3)CC2=O)c1. The molecule has 0 spiro atoms. The van der Waals surface area contributed by atoms with Crippen LogP contribution < -0.4 is 15.4 Å². The van der Waals surface area contributed by atoms with Gasteiger partial charge in [-0.1, -0.05) is 42.4 Å². The normalized spacial score (nSPS) is 15.9. The predicted octanol–water partition coefficient (Wildman–Crippen LogP) is 6.03. The van der Waals surface area contributed by atoms with Gasteiger partial charge in [-0.25, -0.2) is 4.39 Å². The Kier molecular flexibility index (Phi) is 5.70. The zero-order chi connectivity index (χ0) is 22.1. The molecule has 1 aliphatic rings. The minimum atomic E-state index is -0.382. The Bertz CT molecular complexity index is 1180. The van der Waals surface area contributed by atoms with Crippen molar-refractivity contribution >= 4 is 28.9 Å². The number of carbonyl (C=O) groups excluding carboxylic acids is 1. The molecule has 3 aromatic carbocycles. The van der Waals surface area contributed by atoms with E-state index in [2.05, 4.69) is 6.58 Å². The van der Waals surface area contributed by atoms with Gasteiger partial charge in [0.1, 0.15) is 17.3 Å². The molecule has 2 N–H and O–H groups in total. The van der Waals surface area contributed by atoms with Crippen LogP contribution in [0, 0.1) is 12.7 Å². The van der Waals surface area contributed by atoms with Crippen LogP contribution in [-0.4, -0.2) is 12.5 Å². The molecule has 158 valence electrons. The van der Waals surface area contributed by atoms with Crippen LogP contribution in [0.2, 0.25) is 5.02 Å². The number of aryl methyl sites for hydroxylation is 1. The monoisotopic (exact) mass is 436 g/mol. The number of ether oxygens (including phenoxy) is 1. The van der Waals surface area contributed by atoms with E-state index in [0.717, 1.165) is 22.4 Å². The summed E-state index contributed by atoms with van der Waals surface area (Å²) in [5, 5.41) is 0.419.